The van der Waals surface area contributed by atoms with Crippen LogP contribution in [0.2, 0.25) is 10.0 Å². The molecule has 5 aliphatic rings. The van der Waals surface area contributed by atoms with Gasteiger partial charge in [0.2, 0.25) is 12.4 Å². The van der Waals surface area contributed by atoms with Crippen LogP contribution >= 0.6 is 23.2 Å². The molecule has 3 N–H and O–H groups in total. The fourth-order valence-corrected chi connectivity index (χ4v) is 10.9. The first-order valence-electron chi connectivity index (χ1n) is 23.8. The number of fused-ring (bicyclic) bond motifs is 3. The van der Waals surface area contributed by atoms with Crippen LogP contribution < -0.4 is 24.3 Å². The summed E-state index contributed by atoms with van der Waals surface area (Å²) in [5.41, 5.74) is 1.44. The number of pyridine rings is 1. The van der Waals surface area contributed by atoms with Crippen LogP contribution in [-0.4, -0.2) is 89.1 Å². The summed E-state index contributed by atoms with van der Waals surface area (Å²) in [4.78, 5) is 46.0. The average Bonchev–Trinajstić information content (AvgIpc) is 4.20. The second-order valence-corrected chi connectivity index (χ2v) is 19.5. The maximum atomic E-state index is 14.8. The van der Waals surface area contributed by atoms with E-state index in [-0.39, 0.29) is 71.7 Å². The monoisotopic (exact) mass is 999 g/mol. The number of halogens is 4. The van der Waals surface area contributed by atoms with Gasteiger partial charge in [-0.3, -0.25) is 14.9 Å². The number of amides is 2. The van der Waals surface area contributed by atoms with Crippen LogP contribution in [0.25, 0.3) is 0 Å². The molecule has 0 spiro atoms. The lowest BCUT2D eigenvalue weighted by molar-refractivity contribution is -0.904. The highest BCUT2D eigenvalue weighted by molar-refractivity contribution is 6.35. The van der Waals surface area contributed by atoms with Gasteiger partial charge in [0.25, 0.3) is 5.91 Å². The van der Waals surface area contributed by atoms with E-state index in [1.807, 2.05) is 54.6 Å². The Morgan fingerprint density at radius 1 is 0.814 bits per heavy atom. The molecule has 5 heterocycles. The van der Waals surface area contributed by atoms with Crippen LogP contribution in [0.5, 0.6) is 17.2 Å². The van der Waals surface area contributed by atoms with Crippen molar-refractivity contribution in [2.24, 2.45) is 11.8 Å². The van der Waals surface area contributed by atoms with Gasteiger partial charge in [-0.15, -0.1) is 0 Å². The lowest BCUT2D eigenvalue weighted by Gasteiger charge is -2.49. The van der Waals surface area contributed by atoms with Crippen LogP contribution in [0.15, 0.2) is 109 Å². The summed E-state index contributed by atoms with van der Waals surface area (Å²) >= 11 is 13.3. The molecule has 1 aliphatic carbocycles. The highest BCUT2D eigenvalue weighted by atomic mass is 35.5. The minimum Gasteiger partial charge on any atom is -0.489 e. The molecule has 0 unspecified atom stereocenters. The fraction of sp³-hybridized carbons (Fsp3) is 0.396. The smallest absolute Gasteiger partial charge is 0.408 e. The standard InChI is InChI=1S/C53H54Cl2F2N4O9/c54-43-28-60(66)29-44(55)41(43)27-42(38-17-18-45(69-51(56)57)46(26-38)68-32-33-11-12-33)53(50(63)64)21-4-5-22-61(53)49(62)37-15-13-34(14-16-37)31-67-40-10-6-9-39(25-40)48(36-7-2-1-3-8-36)58-52(65)70-47-30-59-23-19-35(47)20-24-59/h1-3,6-10,13-18,25-26,28-29,33,35,42,47-48,51H,4-5,11-12,19-24,27,30-32H2,(H2-,58,63,64,65,66)/p+1/t42-,47-,48-,53-/m0/s1. The second kappa shape index (κ2) is 21.5. The van der Waals surface area contributed by atoms with Crippen LogP contribution in [0, 0.1) is 11.8 Å². The normalized spacial score (nSPS) is 21.7. The number of nitrogens with one attached hydrogen (secondary N) is 1. The summed E-state index contributed by atoms with van der Waals surface area (Å²) in [5.74, 6) is -1.88. The molecule has 2 bridgehead atoms. The van der Waals surface area contributed by atoms with Gasteiger partial charge < -0.3 is 34.3 Å². The number of carbonyl (C=O) groups is 3. The predicted octanol–water partition coefficient (Wildman–Crippen LogP) is 9.87. The number of carbonyl (C=O) groups excluding carboxylic acids is 2. The zero-order valence-corrected chi connectivity index (χ0v) is 39.9. The van der Waals surface area contributed by atoms with Crippen molar-refractivity contribution in [2.75, 3.05) is 32.8 Å². The third-order valence-electron chi connectivity index (χ3n) is 14.1. The summed E-state index contributed by atoms with van der Waals surface area (Å²) < 4.78 is 51.0. The van der Waals surface area contributed by atoms with Crippen molar-refractivity contribution in [3.63, 3.8) is 0 Å². The molecule has 70 heavy (non-hydrogen) atoms. The molecule has 2 amide bonds. The topological polar surface area (TPSA) is 151 Å². The summed E-state index contributed by atoms with van der Waals surface area (Å²) in [6.45, 7) is 0.179. The SMILES string of the molecule is O=C(N[C@@H](c1ccccc1)c1cccc(OCc2ccc(C(=O)N3CCCC[C@@]3(C(=O)O)[C@@H](Cc3c(Cl)c[n+](O)cc3Cl)c3ccc(OC(F)F)c(OCC4CC4)c3)cc2)c1)O[C@H]1CN2CCC1CC2. The highest BCUT2D eigenvalue weighted by Gasteiger charge is 2.55. The van der Waals surface area contributed by atoms with Crippen molar-refractivity contribution in [3.8, 4) is 17.2 Å². The van der Waals surface area contributed by atoms with Gasteiger partial charge in [0, 0.05) is 34.9 Å². The lowest BCUT2D eigenvalue weighted by atomic mass is 9.70. The van der Waals surface area contributed by atoms with Crippen molar-refractivity contribution < 1.29 is 57.2 Å². The van der Waals surface area contributed by atoms with E-state index >= 15 is 0 Å². The summed E-state index contributed by atoms with van der Waals surface area (Å²) in [5, 5.41) is 24.8. The van der Waals surface area contributed by atoms with Crippen molar-refractivity contribution in [1.29, 1.82) is 0 Å². The molecule has 4 saturated heterocycles. The number of piperidine rings is 4. The number of hydrogen-bond acceptors (Lipinski definition) is 9. The van der Waals surface area contributed by atoms with Crippen molar-refractivity contribution >= 4 is 41.2 Å². The number of alkyl carbamates (subject to hydrolysis) is 1. The first kappa shape index (κ1) is 48.8. The third-order valence-corrected chi connectivity index (χ3v) is 14.8. The van der Waals surface area contributed by atoms with E-state index in [9.17, 15) is 33.5 Å². The molecule has 5 fully saturated rings. The Morgan fingerprint density at radius 2 is 1.54 bits per heavy atom. The number of aliphatic carboxylic acids is 1. The van der Waals surface area contributed by atoms with Crippen LogP contribution in [0.1, 0.15) is 95.1 Å². The molecule has 1 aromatic heterocycles. The summed E-state index contributed by atoms with van der Waals surface area (Å²) in [6.07, 6.45) is 6.64. The predicted molar refractivity (Wildman–Crippen MR) is 255 cm³/mol. The lowest BCUT2D eigenvalue weighted by Crippen LogP contribution is -2.63. The molecular weight excluding hydrogens is 946 g/mol. The Bertz CT molecular complexity index is 2650. The van der Waals surface area contributed by atoms with E-state index in [2.05, 4.69) is 10.2 Å². The number of alkyl halides is 2. The maximum absolute atomic E-state index is 14.8. The molecule has 17 heteroatoms. The molecule has 4 aliphatic heterocycles. The molecule has 4 atom stereocenters. The molecule has 13 nitrogen and oxygen atoms in total. The van der Waals surface area contributed by atoms with E-state index < -0.39 is 42.1 Å². The molecular formula is C53H55Cl2F2N4O9+. The van der Waals surface area contributed by atoms with E-state index in [1.54, 1.807) is 24.3 Å². The number of aromatic nitrogens is 1. The Morgan fingerprint density at radius 3 is 2.21 bits per heavy atom. The number of ether oxygens (including phenoxy) is 4. The average molecular weight is 1000 g/mol. The fourth-order valence-electron chi connectivity index (χ4n) is 10.2. The zero-order chi connectivity index (χ0) is 48.9. The van der Waals surface area contributed by atoms with E-state index in [1.165, 1.54) is 35.5 Å². The Kier molecular flexibility index (Phi) is 15.0. The highest BCUT2D eigenvalue weighted by Crippen LogP contribution is 2.47. The quantitative estimate of drug-likeness (QED) is 0.0572. The van der Waals surface area contributed by atoms with Crippen LogP contribution in [0.3, 0.4) is 0 Å². The van der Waals surface area contributed by atoms with Gasteiger partial charge >= 0.3 is 18.7 Å². The summed E-state index contributed by atoms with van der Waals surface area (Å²) in [7, 11) is 0. The van der Waals surface area contributed by atoms with E-state index in [0.29, 0.717) is 40.4 Å². The van der Waals surface area contributed by atoms with Crippen LogP contribution in [-0.2, 0) is 22.6 Å². The number of hydrogen-bond donors (Lipinski definition) is 3. The number of carboxylic acid groups (broad SMARTS) is 1. The number of carboxylic acids is 1. The van der Waals surface area contributed by atoms with Gasteiger partial charge in [-0.25, -0.2) is 9.59 Å². The van der Waals surface area contributed by atoms with Crippen molar-refractivity contribution in [1.82, 2.24) is 15.1 Å². The largest absolute Gasteiger partial charge is 0.489 e. The molecule has 10 rings (SSSR count). The van der Waals surface area contributed by atoms with E-state index in [4.69, 9.17) is 42.1 Å². The minimum atomic E-state index is -3.14. The zero-order valence-electron chi connectivity index (χ0n) is 38.4. The maximum Gasteiger partial charge on any atom is 0.408 e. The molecule has 4 aromatic carbocycles. The molecule has 1 saturated carbocycles. The van der Waals surface area contributed by atoms with Crippen molar-refractivity contribution in [3.05, 3.63) is 153 Å². The van der Waals surface area contributed by atoms with Gasteiger partial charge in [0.05, 0.1) is 12.6 Å². The van der Waals surface area contributed by atoms with Crippen LogP contribution in [0.4, 0.5) is 13.6 Å². The van der Waals surface area contributed by atoms with Gasteiger partial charge in [0.15, 0.2) is 11.5 Å². The van der Waals surface area contributed by atoms with E-state index in [0.717, 1.165) is 62.0 Å². The van der Waals surface area contributed by atoms with Crippen molar-refractivity contribution in [2.45, 2.75) is 88.2 Å². The number of rotatable bonds is 18. The third kappa shape index (κ3) is 11.1. The molecule has 368 valence electrons. The van der Waals surface area contributed by atoms with Gasteiger partial charge in [-0.1, -0.05) is 83.9 Å². The number of likely N-dealkylation sites (tertiary alicyclic amines) is 1. The Labute approximate surface area is 414 Å². The summed E-state index contributed by atoms with van der Waals surface area (Å²) in [6, 6.07) is 27.7. The Balaban J connectivity index is 0.954. The number of benzene rings is 4. The number of nitrogens with zero attached hydrogens (tertiary/aromatic N) is 3. The molecule has 0 radical (unpaired) electrons. The van der Waals surface area contributed by atoms with Gasteiger partial charge in [-0.2, -0.15) is 8.78 Å². The molecule has 5 aromatic rings. The first-order valence-corrected chi connectivity index (χ1v) is 24.5. The first-order chi connectivity index (χ1) is 33.8. The Hall–Kier alpha value is -6.16. The van der Waals surface area contributed by atoms with Gasteiger partial charge in [0.1, 0.15) is 34.0 Å². The second-order valence-electron chi connectivity index (χ2n) is 18.7. The van der Waals surface area contributed by atoms with Gasteiger partial charge in [-0.05, 0) is 135 Å². The minimum absolute atomic E-state index is 0.0131.